The highest BCUT2D eigenvalue weighted by Gasteiger charge is 2.22. The number of rotatable bonds is 7. The monoisotopic (exact) mass is 383 g/mol. The molecule has 4 rings (SSSR count). The average Bonchev–Trinajstić information content (AvgIpc) is 3.28. The molecule has 0 aliphatic heterocycles. The van der Waals surface area contributed by atoms with Gasteiger partial charge in [0.05, 0.1) is 12.5 Å². The summed E-state index contributed by atoms with van der Waals surface area (Å²) < 4.78 is 10.9. The molecule has 0 bridgehead atoms. The maximum Gasteiger partial charge on any atom is 0.258 e. The Balaban J connectivity index is 1.31. The van der Waals surface area contributed by atoms with Crippen LogP contribution in [0.2, 0.25) is 0 Å². The third kappa shape index (κ3) is 3.88. The van der Waals surface area contributed by atoms with E-state index < -0.39 is 0 Å². The maximum atomic E-state index is 12.1. The van der Waals surface area contributed by atoms with Crippen LogP contribution in [0.25, 0.3) is 10.2 Å². The summed E-state index contributed by atoms with van der Waals surface area (Å²) in [4.78, 5) is 23.0. The van der Waals surface area contributed by atoms with Crippen LogP contribution in [-0.2, 0) is 24.1 Å². The van der Waals surface area contributed by atoms with E-state index in [1.807, 2.05) is 24.3 Å². The Morgan fingerprint density at radius 2 is 2.07 bits per heavy atom. The molecule has 3 aromatic rings. The number of nitrogens with one attached hydrogen (secondary N) is 1. The van der Waals surface area contributed by atoms with Gasteiger partial charge in [-0.05, 0) is 48.9 Å². The first-order valence-electron chi connectivity index (χ1n) is 9.02. The van der Waals surface area contributed by atoms with Gasteiger partial charge in [0.2, 0.25) is 5.88 Å². The second-order valence-electron chi connectivity index (χ2n) is 6.45. The van der Waals surface area contributed by atoms with E-state index in [1.54, 1.807) is 18.4 Å². The van der Waals surface area contributed by atoms with Crippen LogP contribution < -0.4 is 14.8 Å². The van der Waals surface area contributed by atoms with Crippen LogP contribution >= 0.6 is 11.3 Å². The van der Waals surface area contributed by atoms with E-state index in [1.165, 1.54) is 16.8 Å². The normalized spacial score (nSPS) is 12.8. The Morgan fingerprint density at radius 3 is 2.89 bits per heavy atom. The van der Waals surface area contributed by atoms with Gasteiger partial charge in [0.1, 0.15) is 16.9 Å². The molecule has 1 aliphatic rings. The molecule has 140 valence electrons. The quantitative estimate of drug-likeness (QED) is 0.679. The number of ether oxygens (including phenoxy) is 2. The van der Waals surface area contributed by atoms with Gasteiger partial charge in [0, 0.05) is 11.4 Å². The molecule has 0 spiro atoms. The van der Waals surface area contributed by atoms with E-state index in [0.29, 0.717) is 12.4 Å². The Kier molecular flexibility index (Phi) is 5.20. The predicted octanol–water partition coefficient (Wildman–Crippen LogP) is 2.93. The fourth-order valence-corrected chi connectivity index (χ4v) is 4.55. The highest BCUT2D eigenvalue weighted by atomic mass is 32.1. The van der Waals surface area contributed by atoms with Crippen LogP contribution in [0.4, 0.5) is 0 Å². The highest BCUT2D eigenvalue weighted by Crippen LogP contribution is 2.39. The molecule has 1 N–H and O–H groups in total. The van der Waals surface area contributed by atoms with Crippen molar-refractivity contribution in [1.82, 2.24) is 15.3 Å². The van der Waals surface area contributed by atoms with Crippen molar-refractivity contribution in [3.63, 3.8) is 0 Å². The van der Waals surface area contributed by atoms with Crippen LogP contribution in [0.15, 0.2) is 30.6 Å². The number of nitrogens with zero attached hydrogens (tertiary/aromatic N) is 2. The second kappa shape index (κ2) is 7.92. The van der Waals surface area contributed by atoms with Gasteiger partial charge < -0.3 is 14.8 Å². The average molecular weight is 383 g/mol. The molecule has 2 aromatic heterocycles. The van der Waals surface area contributed by atoms with Gasteiger partial charge in [-0.25, -0.2) is 9.97 Å². The summed E-state index contributed by atoms with van der Waals surface area (Å²) in [5, 5.41) is 3.88. The number of methoxy groups -OCH3 is 1. The summed E-state index contributed by atoms with van der Waals surface area (Å²) >= 11 is 1.71. The van der Waals surface area contributed by atoms with Crippen LogP contribution in [0.5, 0.6) is 11.6 Å². The second-order valence-corrected chi connectivity index (χ2v) is 7.54. The smallest absolute Gasteiger partial charge is 0.258 e. The molecular weight excluding hydrogens is 362 g/mol. The van der Waals surface area contributed by atoms with Crippen LogP contribution in [0, 0.1) is 0 Å². The Labute approximate surface area is 161 Å². The summed E-state index contributed by atoms with van der Waals surface area (Å²) in [5.41, 5.74) is 2.44. The number of aryl methyl sites for hydroxylation is 2. The number of benzene rings is 1. The summed E-state index contributed by atoms with van der Waals surface area (Å²) in [6.45, 7) is 0.515. The van der Waals surface area contributed by atoms with E-state index in [-0.39, 0.29) is 12.5 Å². The number of fused-ring (bicyclic) bond motifs is 3. The molecule has 1 aliphatic carbocycles. The van der Waals surface area contributed by atoms with Gasteiger partial charge in [0.15, 0.2) is 6.61 Å². The van der Waals surface area contributed by atoms with Crippen molar-refractivity contribution in [2.45, 2.75) is 25.7 Å². The van der Waals surface area contributed by atoms with Crippen LogP contribution in [0.3, 0.4) is 0 Å². The lowest BCUT2D eigenvalue weighted by Gasteiger charge is -2.08. The first kappa shape index (κ1) is 17.7. The molecular formula is C20H21N3O3S. The van der Waals surface area contributed by atoms with E-state index >= 15 is 0 Å². The first-order valence-corrected chi connectivity index (χ1v) is 9.84. The van der Waals surface area contributed by atoms with E-state index in [0.717, 1.165) is 47.2 Å². The number of hydrogen-bond donors (Lipinski definition) is 1. The number of carbonyl (C=O) groups excluding carboxylic acids is 1. The van der Waals surface area contributed by atoms with Crippen molar-refractivity contribution in [1.29, 1.82) is 0 Å². The molecule has 2 heterocycles. The standard InChI is InChI=1S/C20H21N3O3S/c1-25-14-7-5-13(6-8-14)9-10-21-17(24)11-26-19-18-15-3-2-4-16(15)27-20(18)23-12-22-19/h5-8,12H,2-4,9-11H2,1H3,(H,21,24). The Hall–Kier alpha value is -2.67. The zero-order chi connectivity index (χ0) is 18.6. The minimum atomic E-state index is -0.151. The molecule has 0 radical (unpaired) electrons. The number of carbonyl (C=O) groups is 1. The van der Waals surface area contributed by atoms with Crippen molar-refractivity contribution < 1.29 is 14.3 Å². The maximum absolute atomic E-state index is 12.1. The van der Waals surface area contributed by atoms with Crippen LogP contribution in [-0.4, -0.2) is 36.1 Å². The Bertz CT molecular complexity index is 953. The van der Waals surface area contributed by atoms with Crippen molar-refractivity contribution in [2.24, 2.45) is 0 Å². The Morgan fingerprint density at radius 1 is 1.22 bits per heavy atom. The molecule has 6 nitrogen and oxygen atoms in total. The zero-order valence-electron chi connectivity index (χ0n) is 15.2. The van der Waals surface area contributed by atoms with Gasteiger partial charge in [-0.3, -0.25) is 4.79 Å². The third-order valence-electron chi connectivity index (χ3n) is 4.70. The topological polar surface area (TPSA) is 73.3 Å². The zero-order valence-corrected chi connectivity index (χ0v) is 16.0. The van der Waals surface area contributed by atoms with E-state index in [2.05, 4.69) is 15.3 Å². The minimum Gasteiger partial charge on any atom is -0.497 e. The lowest BCUT2D eigenvalue weighted by molar-refractivity contribution is -0.123. The van der Waals surface area contributed by atoms with Gasteiger partial charge in [-0.1, -0.05) is 12.1 Å². The summed E-state index contributed by atoms with van der Waals surface area (Å²) in [6, 6.07) is 7.83. The van der Waals surface area contributed by atoms with Crippen molar-refractivity contribution in [3.05, 3.63) is 46.6 Å². The molecule has 1 aromatic carbocycles. The fraction of sp³-hybridized carbons (Fsp3) is 0.350. The van der Waals surface area contributed by atoms with Crippen molar-refractivity contribution in [2.75, 3.05) is 20.3 Å². The molecule has 0 unspecified atom stereocenters. The van der Waals surface area contributed by atoms with Gasteiger partial charge in [-0.2, -0.15) is 0 Å². The van der Waals surface area contributed by atoms with Crippen molar-refractivity contribution in [3.8, 4) is 11.6 Å². The number of amides is 1. The molecule has 0 saturated carbocycles. The minimum absolute atomic E-state index is 0.0423. The lowest BCUT2D eigenvalue weighted by Crippen LogP contribution is -2.30. The number of aromatic nitrogens is 2. The highest BCUT2D eigenvalue weighted by molar-refractivity contribution is 7.18. The lowest BCUT2D eigenvalue weighted by atomic mass is 10.1. The van der Waals surface area contributed by atoms with Crippen LogP contribution in [0.1, 0.15) is 22.4 Å². The van der Waals surface area contributed by atoms with E-state index in [4.69, 9.17) is 9.47 Å². The summed E-state index contributed by atoms with van der Waals surface area (Å²) in [5.74, 6) is 1.19. The SMILES string of the molecule is COc1ccc(CCNC(=O)COc2ncnc3sc4c(c23)CCC4)cc1. The number of thiophene rings is 1. The molecule has 1 amide bonds. The largest absolute Gasteiger partial charge is 0.497 e. The molecule has 0 saturated heterocycles. The van der Waals surface area contributed by atoms with Gasteiger partial charge in [-0.15, -0.1) is 11.3 Å². The fourth-order valence-electron chi connectivity index (χ4n) is 3.33. The molecule has 0 fully saturated rings. The summed E-state index contributed by atoms with van der Waals surface area (Å²) in [6.07, 6.45) is 5.56. The molecule has 7 heteroatoms. The van der Waals surface area contributed by atoms with Gasteiger partial charge in [0.25, 0.3) is 5.91 Å². The third-order valence-corrected chi connectivity index (χ3v) is 5.90. The molecule has 0 atom stereocenters. The van der Waals surface area contributed by atoms with Gasteiger partial charge >= 0.3 is 0 Å². The predicted molar refractivity (Wildman–Crippen MR) is 105 cm³/mol. The first-order chi connectivity index (χ1) is 13.2. The summed E-state index contributed by atoms with van der Waals surface area (Å²) in [7, 11) is 1.64. The van der Waals surface area contributed by atoms with Crippen molar-refractivity contribution >= 4 is 27.5 Å². The van der Waals surface area contributed by atoms with E-state index in [9.17, 15) is 4.79 Å². The number of hydrogen-bond acceptors (Lipinski definition) is 6. The molecule has 27 heavy (non-hydrogen) atoms.